The van der Waals surface area contributed by atoms with Gasteiger partial charge in [-0.3, -0.25) is 9.13 Å². The van der Waals surface area contributed by atoms with E-state index >= 15 is 0 Å². The van der Waals surface area contributed by atoms with Crippen LogP contribution in [0, 0.1) is 0 Å². The van der Waals surface area contributed by atoms with Gasteiger partial charge in [-0.2, -0.15) is 0 Å². The molecule has 0 saturated heterocycles. The van der Waals surface area contributed by atoms with Crippen molar-refractivity contribution >= 4 is 22.5 Å². The molecule has 6 aromatic rings. The number of hydrogen-bond acceptors (Lipinski definition) is 4. The van der Waals surface area contributed by atoms with Crippen LogP contribution in [0.3, 0.4) is 0 Å². The van der Waals surface area contributed by atoms with Gasteiger partial charge in [0, 0.05) is 34.6 Å². The van der Waals surface area contributed by atoms with Crippen molar-refractivity contribution in [3.63, 3.8) is 0 Å². The van der Waals surface area contributed by atoms with Gasteiger partial charge < -0.3 is 20.4 Å². The predicted molar refractivity (Wildman–Crippen MR) is 219 cm³/mol. The maximum Gasteiger partial charge on any atom is 2.00 e. The molecule has 0 atom stereocenters. The molecule has 0 aliphatic carbocycles. The van der Waals surface area contributed by atoms with E-state index in [-0.39, 0.29) is 17.1 Å². The van der Waals surface area contributed by atoms with Crippen LogP contribution in [-0.4, -0.2) is 19.1 Å². The summed E-state index contributed by atoms with van der Waals surface area (Å²) in [5, 5.41) is 11.0. The standard InChI is InChI=1S/C46H42N8.Cu/c1-31-41-47-37(27-51(41)33-19-11-7-12-20-33)45(3,4)39-29-53(35-23-15-9-16-24-35)43(49-39)32(2)44-50-40(30-54(44)36-25-17-10-18-26-36)46(5,6)38-28-52(42(31)48-38)34-21-13-8-14-22-34;/h7-30H,1-6H3;/q-2;+2/b41-31+,44-32+;. The molecular weight excluding hydrogens is 728 g/mol. The molecule has 8 bridgehead atoms. The van der Waals surface area contributed by atoms with Crippen LogP contribution in [-0.2, 0) is 27.9 Å². The number of benzene rings is 4. The third kappa shape index (κ3) is 6.00. The number of hydrogen-bond donors (Lipinski definition) is 0. The number of aromatic nitrogens is 4. The molecule has 0 unspecified atom stereocenters. The van der Waals surface area contributed by atoms with E-state index in [0.29, 0.717) is 0 Å². The summed E-state index contributed by atoms with van der Waals surface area (Å²) in [5.41, 5.74) is 8.46. The topological polar surface area (TPSA) is 70.3 Å². The first-order valence-electron chi connectivity index (χ1n) is 18.4. The van der Waals surface area contributed by atoms with Gasteiger partial charge in [-0.15, -0.1) is 0 Å². The first-order valence-corrected chi connectivity index (χ1v) is 18.4. The molecule has 3 aliphatic heterocycles. The van der Waals surface area contributed by atoms with Gasteiger partial charge in [-0.05, 0) is 72.3 Å². The van der Waals surface area contributed by atoms with Crippen LogP contribution in [0.4, 0.5) is 11.4 Å². The van der Waals surface area contributed by atoms with Crippen molar-refractivity contribution in [1.82, 2.24) is 19.1 Å². The molecule has 5 heterocycles. The number of imidazole rings is 2. The Morgan fingerprint density at radius 1 is 0.455 bits per heavy atom. The quantitative estimate of drug-likeness (QED) is 0.167. The molecule has 2 aromatic heterocycles. The van der Waals surface area contributed by atoms with Gasteiger partial charge in [0.15, 0.2) is 0 Å². The first-order chi connectivity index (χ1) is 26.1. The molecule has 0 fully saturated rings. The van der Waals surface area contributed by atoms with Crippen LogP contribution in [0.25, 0.3) is 33.2 Å². The molecule has 0 saturated carbocycles. The van der Waals surface area contributed by atoms with Gasteiger partial charge in [-0.25, -0.2) is 9.97 Å². The number of rotatable bonds is 4. The molecule has 9 rings (SSSR count). The van der Waals surface area contributed by atoms with Crippen LogP contribution < -0.4 is 9.80 Å². The average Bonchev–Trinajstić information content (AvgIpc) is 4.03. The summed E-state index contributed by atoms with van der Waals surface area (Å²) in [7, 11) is 0. The average molecular weight is 770 g/mol. The Kier molecular flexibility index (Phi) is 8.95. The molecule has 8 nitrogen and oxygen atoms in total. The summed E-state index contributed by atoms with van der Waals surface area (Å²) in [6.07, 6.45) is 8.66. The van der Waals surface area contributed by atoms with Crippen LogP contribution in [0.5, 0.6) is 0 Å². The maximum atomic E-state index is 5.48. The van der Waals surface area contributed by atoms with E-state index < -0.39 is 10.8 Å². The minimum atomic E-state index is -0.580. The first kappa shape index (κ1) is 36.0. The third-order valence-corrected chi connectivity index (χ3v) is 10.9. The molecular formula is C46H42CuN8. The minimum absolute atomic E-state index is 0. The van der Waals surface area contributed by atoms with Crippen molar-refractivity contribution in [2.24, 2.45) is 0 Å². The Bertz CT molecular complexity index is 2330. The number of allylic oxidation sites excluding steroid dienone is 4. The second-order valence-electron chi connectivity index (χ2n) is 15.1. The number of anilines is 2. The van der Waals surface area contributed by atoms with Gasteiger partial charge in [-0.1, -0.05) is 149 Å². The van der Waals surface area contributed by atoms with E-state index in [2.05, 4.69) is 182 Å². The molecule has 9 heteroatoms. The van der Waals surface area contributed by atoms with Crippen molar-refractivity contribution in [2.45, 2.75) is 52.4 Å². The van der Waals surface area contributed by atoms with Crippen molar-refractivity contribution in [3.05, 3.63) is 203 Å². The second kappa shape index (κ2) is 13.7. The molecule has 4 aromatic carbocycles. The fourth-order valence-corrected chi connectivity index (χ4v) is 7.39. The zero-order valence-electron chi connectivity index (χ0n) is 31.7. The fourth-order valence-electron chi connectivity index (χ4n) is 7.39. The Balaban J connectivity index is 0.00000427. The Morgan fingerprint density at radius 3 is 1.09 bits per heavy atom. The van der Waals surface area contributed by atoms with Gasteiger partial charge in [0.25, 0.3) is 0 Å². The Labute approximate surface area is 333 Å². The Hall–Kier alpha value is -6.02. The molecule has 277 valence electrons. The monoisotopic (exact) mass is 769 g/mol. The summed E-state index contributed by atoms with van der Waals surface area (Å²) in [6.45, 7) is 13.1. The summed E-state index contributed by atoms with van der Waals surface area (Å²) >= 11 is 0. The number of para-hydroxylation sites is 4. The molecule has 0 amide bonds. The van der Waals surface area contributed by atoms with Crippen LogP contribution in [0.1, 0.15) is 64.6 Å². The molecule has 0 spiro atoms. The van der Waals surface area contributed by atoms with Crippen molar-refractivity contribution < 1.29 is 17.1 Å². The van der Waals surface area contributed by atoms with Gasteiger partial charge in [0.2, 0.25) is 0 Å². The summed E-state index contributed by atoms with van der Waals surface area (Å²) in [6, 6.07) is 41.7. The van der Waals surface area contributed by atoms with Crippen LogP contribution in [0.15, 0.2) is 169 Å². The molecule has 3 aliphatic rings. The smallest absolute Gasteiger partial charge is 0.439 e. The van der Waals surface area contributed by atoms with E-state index in [0.717, 1.165) is 80.0 Å². The zero-order chi connectivity index (χ0) is 37.2. The van der Waals surface area contributed by atoms with E-state index in [1.807, 2.05) is 24.3 Å². The van der Waals surface area contributed by atoms with Crippen molar-refractivity contribution in [2.75, 3.05) is 9.80 Å². The summed E-state index contributed by atoms with van der Waals surface area (Å²) in [5.74, 6) is 3.29. The minimum Gasteiger partial charge on any atom is -0.439 e. The summed E-state index contributed by atoms with van der Waals surface area (Å²) < 4.78 is 4.39. The maximum absolute atomic E-state index is 5.48. The van der Waals surface area contributed by atoms with Gasteiger partial charge in [0.05, 0.1) is 11.4 Å². The van der Waals surface area contributed by atoms with Crippen LogP contribution >= 0.6 is 0 Å². The fraction of sp³-hybridized carbons (Fsp3) is 0.174. The van der Waals surface area contributed by atoms with E-state index in [1.54, 1.807) is 0 Å². The number of nitrogens with zero attached hydrogens (tertiary/aromatic N) is 8. The van der Waals surface area contributed by atoms with E-state index in [9.17, 15) is 0 Å². The normalized spacial score (nSPS) is 19.6. The van der Waals surface area contributed by atoms with Crippen molar-refractivity contribution in [3.8, 4) is 11.4 Å². The predicted octanol–water partition coefficient (Wildman–Crippen LogP) is 11.2. The molecule has 0 N–H and O–H groups in total. The third-order valence-electron chi connectivity index (χ3n) is 10.9. The van der Waals surface area contributed by atoms with Gasteiger partial charge in [0.1, 0.15) is 11.6 Å². The van der Waals surface area contributed by atoms with E-state index in [1.165, 1.54) is 0 Å². The number of fused-ring (bicyclic) bond motifs is 8. The van der Waals surface area contributed by atoms with E-state index in [4.69, 9.17) is 20.6 Å². The largest absolute Gasteiger partial charge is 2.00 e. The van der Waals surface area contributed by atoms with Crippen molar-refractivity contribution in [1.29, 1.82) is 0 Å². The zero-order valence-corrected chi connectivity index (χ0v) is 32.7. The second-order valence-corrected chi connectivity index (χ2v) is 15.1. The van der Waals surface area contributed by atoms with Crippen LogP contribution in [0.2, 0.25) is 0 Å². The summed E-state index contributed by atoms with van der Waals surface area (Å²) in [4.78, 5) is 15.3. The molecule has 55 heavy (non-hydrogen) atoms. The SMILES string of the molecule is C/C1=C2/[N-]C(=CN2c2ccccc2)C(C)(C)c2cn(-c3ccccc3)c(n2)/C(C)=C2\[N-]C(=CN2c2ccccc2)C(C)(C)c2cn(-c3ccccc3)c1n2.[Cu+2]. The van der Waals surface area contributed by atoms with Gasteiger partial charge >= 0.3 is 17.1 Å². The molecule has 1 radical (unpaired) electrons. The Morgan fingerprint density at radius 2 is 0.764 bits per heavy atom.